The molecule has 1 spiro atoms. The molecular weight excluding hydrogens is 528 g/mol. The number of nitrogens with one attached hydrogen (secondary N) is 2. The van der Waals surface area contributed by atoms with Crippen LogP contribution in [0.15, 0.2) is 60.7 Å². The van der Waals surface area contributed by atoms with Crippen LogP contribution in [0.2, 0.25) is 0 Å². The van der Waals surface area contributed by atoms with Crippen molar-refractivity contribution in [2.45, 2.75) is 76.6 Å². The number of piperazine rings is 1. The van der Waals surface area contributed by atoms with Crippen molar-refractivity contribution in [1.29, 1.82) is 0 Å². The number of nitrogens with zero attached hydrogens (tertiary/aromatic N) is 2. The first kappa shape index (κ1) is 31.4. The van der Waals surface area contributed by atoms with Gasteiger partial charge in [-0.1, -0.05) is 80.9 Å². The van der Waals surface area contributed by atoms with Gasteiger partial charge in [-0.05, 0) is 43.2 Å². The van der Waals surface area contributed by atoms with E-state index in [0.717, 1.165) is 44.5 Å². The van der Waals surface area contributed by atoms with Crippen molar-refractivity contribution in [2.24, 2.45) is 0 Å². The van der Waals surface area contributed by atoms with Crippen LogP contribution in [0.3, 0.4) is 0 Å². The molecule has 4 rings (SSSR count). The molecule has 3 amide bonds. The Morgan fingerprint density at radius 1 is 0.975 bits per heavy atom. The van der Waals surface area contributed by atoms with Gasteiger partial charge in [0.05, 0.1) is 6.04 Å². The van der Waals surface area contributed by atoms with Crippen molar-refractivity contribution in [3.8, 4) is 0 Å². The third kappa shape index (κ3) is 7.55. The molecule has 2 heterocycles. The number of carbonyl (C=O) groups excluding carboxylic acids is 3. The maximum Gasteiger partial charge on any atom is 0.407 e. The van der Waals surface area contributed by atoms with E-state index in [-0.39, 0.29) is 30.8 Å². The van der Waals surface area contributed by atoms with Crippen molar-refractivity contribution in [3.63, 3.8) is 0 Å². The molecular formula is C31H43ClN4O4. The van der Waals surface area contributed by atoms with Gasteiger partial charge in [-0.25, -0.2) is 4.79 Å². The quantitative estimate of drug-likeness (QED) is 0.420. The zero-order chi connectivity index (χ0) is 27.7. The highest BCUT2D eigenvalue weighted by Crippen LogP contribution is 2.34. The van der Waals surface area contributed by atoms with Gasteiger partial charge in [0.1, 0.15) is 18.2 Å². The summed E-state index contributed by atoms with van der Waals surface area (Å²) < 4.78 is 5.42. The second-order valence-corrected chi connectivity index (χ2v) is 10.7. The number of halogens is 1. The van der Waals surface area contributed by atoms with E-state index in [1.54, 1.807) is 0 Å². The lowest BCUT2D eigenvalue weighted by atomic mass is 9.80. The van der Waals surface area contributed by atoms with Crippen LogP contribution >= 0.6 is 12.4 Å². The first-order valence-electron chi connectivity index (χ1n) is 14.3. The number of amides is 3. The highest BCUT2D eigenvalue weighted by Gasteiger charge is 2.54. The largest absolute Gasteiger partial charge is 0.445 e. The molecule has 0 radical (unpaired) electrons. The molecule has 0 unspecified atom stereocenters. The van der Waals surface area contributed by atoms with E-state index in [4.69, 9.17) is 4.74 Å². The third-order valence-electron chi connectivity index (χ3n) is 7.97. The highest BCUT2D eigenvalue weighted by atomic mass is 35.5. The van der Waals surface area contributed by atoms with Crippen LogP contribution in [0.5, 0.6) is 0 Å². The van der Waals surface area contributed by atoms with E-state index >= 15 is 0 Å². The Kier molecular flexibility index (Phi) is 11.8. The summed E-state index contributed by atoms with van der Waals surface area (Å²) >= 11 is 0. The van der Waals surface area contributed by atoms with Gasteiger partial charge in [0, 0.05) is 26.2 Å². The number of piperidine rings is 1. The molecule has 8 nitrogen and oxygen atoms in total. The predicted molar refractivity (Wildman–Crippen MR) is 158 cm³/mol. The monoisotopic (exact) mass is 570 g/mol. The van der Waals surface area contributed by atoms with Gasteiger partial charge < -0.3 is 25.2 Å². The summed E-state index contributed by atoms with van der Waals surface area (Å²) in [5, 5.41) is 5.90. The van der Waals surface area contributed by atoms with Gasteiger partial charge in [-0.3, -0.25) is 9.59 Å². The van der Waals surface area contributed by atoms with Crippen molar-refractivity contribution >= 4 is 30.3 Å². The Balaban J connectivity index is 0.00000441. The summed E-state index contributed by atoms with van der Waals surface area (Å²) in [4.78, 5) is 44.5. The Morgan fingerprint density at radius 3 is 2.20 bits per heavy atom. The van der Waals surface area contributed by atoms with Crippen LogP contribution in [-0.4, -0.2) is 71.5 Å². The molecule has 218 valence electrons. The van der Waals surface area contributed by atoms with E-state index in [2.05, 4.69) is 39.8 Å². The third-order valence-corrected chi connectivity index (χ3v) is 7.97. The van der Waals surface area contributed by atoms with Crippen molar-refractivity contribution < 1.29 is 19.1 Å². The van der Waals surface area contributed by atoms with Gasteiger partial charge in [0.2, 0.25) is 11.8 Å². The fourth-order valence-corrected chi connectivity index (χ4v) is 5.78. The minimum absolute atomic E-state index is 0. The smallest absolute Gasteiger partial charge is 0.407 e. The molecule has 9 heteroatoms. The summed E-state index contributed by atoms with van der Waals surface area (Å²) in [6, 6.07) is 18.5. The molecule has 0 bridgehead atoms. The molecule has 40 heavy (non-hydrogen) atoms. The summed E-state index contributed by atoms with van der Waals surface area (Å²) in [5.74, 6) is -0.222. The molecule has 2 aliphatic heterocycles. The normalized spacial score (nSPS) is 19.4. The van der Waals surface area contributed by atoms with Gasteiger partial charge in [0.15, 0.2) is 0 Å². The number of ether oxygens (including phenoxy) is 1. The van der Waals surface area contributed by atoms with Crippen LogP contribution in [0.4, 0.5) is 4.79 Å². The summed E-state index contributed by atoms with van der Waals surface area (Å²) in [7, 11) is 0. The number of likely N-dealkylation sites (tertiary alicyclic amines) is 1. The number of rotatable bonds is 11. The molecule has 2 atom stereocenters. The van der Waals surface area contributed by atoms with Gasteiger partial charge in [-0.2, -0.15) is 0 Å². The number of hydrogen-bond donors (Lipinski definition) is 2. The van der Waals surface area contributed by atoms with E-state index < -0.39 is 23.7 Å². The second kappa shape index (κ2) is 15.1. The Labute approximate surface area is 244 Å². The zero-order valence-corrected chi connectivity index (χ0v) is 24.5. The SMILES string of the molecule is CCC[C@H](NC(=O)OCc1ccccc1)[C@@H]1NC(=O)C2(CCN(CCc3ccccc3)CC2)N(CCC)C1=O.Cl. The summed E-state index contributed by atoms with van der Waals surface area (Å²) in [6.45, 7) is 7.14. The average Bonchev–Trinajstić information content (AvgIpc) is 2.97. The van der Waals surface area contributed by atoms with Crippen LogP contribution in [0, 0.1) is 0 Å². The maximum absolute atomic E-state index is 13.9. The molecule has 0 aromatic heterocycles. The molecule has 2 saturated heterocycles. The van der Waals surface area contributed by atoms with E-state index in [1.165, 1.54) is 5.56 Å². The van der Waals surface area contributed by atoms with Crippen LogP contribution in [0.1, 0.15) is 57.1 Å². The average molecular weight is 571 g/mol. The van der Waals surface area contributed by atoms with Crippen LogP contribution in [0.25, 0.3) is 0 Å². The minimum atomic E-state index is -0.836. The molecule has 0 saturated carbocycles. The highest BCUT2D eigenvalue weighted by molar-refractivity contribution is 6.00. The van der Waals surface area contributed by atoms with Crippen LogP contribution < -0.4 is 10.6 Å². The Hall–Kier alpha value is -3.10. The Morgan fingerprint density at radius 2 is 1.60 bits per heavy atom. The van der Waals surface area contributed by atoms with Gasteiger partial charge >= 0.3 is 6.09 Å². The molecule has 2 aliphatic rings. The van der Waals surface area contributed by atoms with Crippen LogP contribution in [-0.2, 0) is 27.4 Å². The Bertz CT molecular complexity index is 1090. The van der Waals surface area contributed by atoms with Crippen molar-refractivity contribution in [1.82, 2.24) is 20.4 Å². The second-order valence-electron chi connectivity index (χ2n) is 10.7. The summed E-state index contributed by atoms with van der Waals surface area (Å²) in [6.07, 6.45) is 3.65. The fraction of sp³-hybridized carbons (Fsp3) is 0.516. The lowest BCUT2D eigenvalue weighted by Gasteiger charge is -2.52. The first-order valence-corrected chi connectivity index (χ1v) is 14.3. The van der Waals surface area contributed by atoms with E-state index in [0.29, 0.717) is 25.8 Å². The van der Waals surface area contributed by atoms with E-state index in [1.807, 2.05) is 55.1 Å². The van der Waals surface area contributed by atoms with Crippen molar-refractivity contribution in [2.75, 3.05) is 26.2 Å². The number of carbonyl (C=O) groups is 3. The number of benzene rings is 2. The van der Waals surface area contributed by atoms with Gasteiger partial charge in [-0.15, -0.1) is 12.4 Å². The molecule has 2 aromatic rings. The lowest BCUT2D eigenvalue weighted by molar-refractivity contribution is -0.162. The molecule has 0 aliphatic carbocycles. The topological polar surface area (TPSA) is 91.0 Å². The molecule has 2 aromatic carbocycles. The minimum Gasteiger partial charge on any atom is -0.445 e. The number of hydrogen-bond acceptors (Lipinski definition) is 5. The first-order chi connectivity index (χ1) is 19.0. The van der Waals surface area contributed by atoms with Gasteiger partial charge in [0.25, 0.3) is 0 Å². The summed E-state index contributed by atoms with van der Waals surface area (Å²) in [5.41, 5.74) is 1.35. The maximum atomic E-state index is 13.9. The molecule has 2 N–H and O–H groups in total. The number of alkyl carbamates (subject to hydrolysis) is 1. The standard InChI is InChI=1S/C31H42N4O4.ClH/c1-3-11-26(32-30(38)39-23-25-14-9-6-10-15-25)27-28(36)35(19-4-2)31(29(37)33-27)17-21-34(22-18-31)20-16-24-12-7-5-8-13-24;/h5-10,12-15,26-27H,3-4,11,16-23H2,1-2H3,(H,32,38)(H,33,37);1H/t26-,27-;/m0./s1. The van der Waals surface area contributed by atoms with E-state index in [9.17, 15) is 14.4 Å². The molecule has 2 fully saturated rings. The predicted octanol–water partition coefficient (Wildman–Crippen LogP) is 4.32. The van der Waals surface area contributed by atoms with Crippen molar-refractivity contribution in [3.05, 3.63) is 71.8 Å². The lowest BCUT2D eigenvalue weighted by Crippen LogP contribution is -2.75. The zero-order valence-electron chi connectivity index (χ0n) is 23.6. The fourth-order valence-electron chi connectivity index (χ4n) is 5.78.